The fraction of sp³-hybridized carbons (Fsp3) is 0.607. The summed E-state index contributed by atoms with van der Waals surface area (Å²) in [5.74, 6) is 1.02. The van der Waals surface area contributed by atoms with Gasteiger partial charge < -0.3 is 19.8 Å². The number of hydrogen-bond acceptors (Lipinski definition) is 4. The van der Waals surface area contributed by atoms with E-state index in [-0.39, 0.29) is 17.9 Å². The lowest BCUT2D eigenvalue weighted by Crippen LogP contribution is -2.36. The molecule has 0 bridgehead atoms. The monoisotopic (exact) mass is 453 g/mol. The van der Waals surface area contributed by atoms with Crippen LogP contribution in [0.1, 0.15) is 49.7 Å². The summed E-state index contributed by atoms with van der Waals surface area (Å²) in [6.45, 7) is 4.89. The zero-order chi connectivity index (χ0) is 23.2. The summed E-state index contributed by atoms with van der Waals surface area (Å²) in [6.07, 6.45) is 11.5. The number of aliphatic hydroxyl groups is 2. The lowest BCUT2D eigenvalue weighted by atomic mass is 9.89. The first-order valence-electron chi connectivity index (χ1n) is 12.6. The molecule has 1 saturated carbocycles. The van der Waals surface area contributed by atoms with E-state index in [2.05, 4.69) is 25.1 Å². The van der Waals surface area contributed by atoms with Gasteiger partial charge in [0.25, 0.3) is 0 Å². The van der Waals surface area contributed by atoms with Crippen molar-refractivity contribution < 1.29 is 19.7 Å². The van der Waals surface area contributed by atoms with E-state index in [1.165, 1.54) is 17.6 Å². The van der Waals surface area contributed by atoms with Crippen molar-refractivity contribution in [3.05, 3.63) is 59.2 Å². The number of carbonyl (C=O) groups is 1. The summed E-state index contributed by atoms with van der Waals surface area (Å²) in [4.78, 5) is 14.2. The maximum atomic E-state index is 12.3. The first-order chi connectivity index (χ1) is 16.0. The number of aryl methyl sites for hydroxylation is 1. The molecule has 5 nitrogen and oxygen atoms in total. The number of piperidine rings is 1. The molecule has 0 spiro atoms. The van der Waals surface area contributed by atoms with Crippen molar-refractivity contribution in [3.8, 4) is 0 Å². The Bertz CT molecular complexity index is 857. The normalized spacial score (nSPS) is 28.2. The van der Waals surface area contributed by atoms with Crippen LogP contribution < -0.4 is 0 Å². The number of allylic oxidation sites excluding steroid dienone is 1. The molecule has 1 aromatic carbocycles. The minimum atomic E-state index is -0.548. The van der Waals surface area contributed by atoms with E-state index in [1.54, 1.807) is 0 Å². The van der Waals surface area contributed by atoms with E-state index >= 15 is 0 Å². The number of fused-ring (bicyclic) bond motifs is 1. The average Bonchev–Trinajstić information content (AvgIpc) is 3.32. The molecule has 0 radical (unpaired) electrons. The number of nitrogens with zero attached hydrogens (tertiary/aromatic N) is 1. The summed E-state index contributed by atoms with van der Waals surface area (Å²) in [5, 5.41) is 21.1. The number of rotatable bonds is 9. The Hall–Kier alpha value is -1.95. The van der Waals surface area contributed by atoms with E-state index < -0.39 is 6.10 Å². The van der Waals surface area contributed by atoms with Gasteiger partial charge in [-0.25, -0.2) is 0 Å². The molecule has 1 aliphatic heterocycles. The van der Waals surface area contributed by atoms with Gasteiger partial charge in [-0.3, -0.25) is 4.79 Å². The molecule has 1 heterocycles. The van der Waals surface area contributed by atoms with E-state index in [4.69, 9.17) is 4.74 Å². The second-order valence-electron chi connectivity index (χ2n) is 10.1. The Morgan fingerprint density at radius 1 is 1.27 bits per heavy atom. The van der Waals surface area contributed by atoms with Crippen LogP contribution in [-0.4, -0.2) is 59.5 Å². The van der Waals surface area contributed by atoms with Gasteiger partial charge in [0.1, 0.15) is 0 Å². The molecule has 1 saturated heterocycles. The molecule has 33 heavy (non-hydrogen) atoms. The van der Waals surface area contributed by atoms with E-state index in [0.717, 1.165) is 44.3 Å². The Morgan fingerprint density at radius 2 is 2.09 bits per heavy atom. The molecule has 5 atom stereocenters. The van der Waals surface area contributed by atoms with Crippen LogP contribution in [0.25, 0.3) is 0 Å². The molecule has 1 amide bonds. The van der Waals surface area contributed by atoms with Gasteiger partial charge in [-0.05, 0) is 62.0 Å². The maximum absolute atomic E-state index is 12.3. The number of ether oxygens (including phenoxy) is 1. The van der Waals surface area contributed by atoms with Crippen LogP contribution in [0.5, 0.6) is 0 Å². The standard InChI is InChI=1S/C28H39NO4/c1-20-6-5-7-21(14-20)16-24(30)8-9-25-26-17-22(15-23(26)18-27(25)31)19-33-13-10-28(32)29-11-3-2-4-12-29/h5-9,14-15,23-27,30-31H,2-4,10-13,16-19H2,1H3/b9-8+/t23-,24+,25+,26-,27+/m0/s1. The quantitative estimate of drug-likeness (QED) is 0.441. The van der Waals surface area contributed by atoms with Gasteiger partial charge in [-0.1, -0.05) is 48.1 Å². The highest BCUT2D eigenvalue weighted by molar-refractivity contribution is 5.76. The first-order valence-corrected chi connectivity index (χ1v) is 12.6. The summed E-state index contributed by atoms with van der Waals surface area (Å²) in [6, 6.07) is 8.22. The minimum absolute atomic E-state index is 0.0663. The van der Waals surface area contributed by atoms with Crippen LogP contribution in [0.15, 0.2) is 48.1 Å². The molecule has 0 aromatic heterocycles. The minimum Gasteiger partial charge on any atom is -0.392 e. The van der Waals surface area contributed by atoms with Crippen molar-refractivity contribution in [2.45, 2.75) is 64.1 Å². The van der Waals surface area contributed by atoms with Crippen molar-refractivity contribution in [2.24, 2.45) is 17.8 Å². The first kappa shape index (κ1) is 24.2. The Kier molecular flexibility index (Phi) is 8.39. The molecule has 1 aromatic rings. The van der Waals surface area contributed by atoms with Crippen molar-refractivity contribution in [1.29, 1.82) is 0 Å². The van der Waals surface area contributed by atoms with Crippen LogP contribution in [0.3, 0.4) is 0 Å². The lowest BCUT2D eigenvalue weighted by Gasteiger charge is -2.26. The highest BCUT2D eigenvalue weighted by Crippen LogP contribution is 2.47. The van der Waals surface area contributed by atoms with Crippen LogP contribution in [0.2, 0.25) is 0 Å². The van der Waals surface area contributed by atoms with E-state index in [1.807, 2.05) is 29.2 Å². The second-order valence-corrected chi connectivity index (χ2v) is 10.1. The third-order valence-corrected chi connectivity index (χ3v) is 7.49. The molecule has 0 unspecified atom stereocenters. The third kappa shape index (κ3) is 6.56. The van der Waals surface area contributed by atoms with Crippen molar-refractivity contribution >= 4 is 5.91 Å². The van der Waals surface area contributed by atoms with Gasteiger partial charge in [0, 0.05) is 25.4 Å². The number of aliphatic hydroxyl groups excluding tert-OH is 2. The summed E-state index contributed by atoms with van der Waals surface area (Å²) < 4.78 is 5.84. The number of carbonyl (C=O) groups excluding carboxylic acids is 1. The number of hydrogen-bond donors (Lipinski definition) is 2. The zero-order valence-electron chi connectivity index (χ0n) is 19.9. The molecular formula is C28H39NO4. The predicted molar refractivity (Wildman–Crippen MR) is 130 cm³/mol. The molecule has 2 aliphatic carbocycles. The highest BCUT2D eigenvalue weighted by Gasteiger charge is 2.43. The van der Waals surface area contributed by atoms with Gasteiger partial charge in [0.15, 0.2) is 0 Å². The van der Waals surface area contributed by atoms with Gasteiger partial charge in [-0.15, -0.1) is 0 Å². The van der Waals surface area contributed by atoms with Crippen LogP contribution in [-0.2, 0) is 16.0 Å². The Balaban J connectivity index is 1.21. The zero-order valence-corrected chi connectivity index (χ0v) is 19.9. The van der Waals surface area contributed by atoms with Crippen molar-refractivity contribution in [2.75, 3.05) is 26.3 Å². The SMILES string of the molecule is Cc1cccc(C[C@H](O)/C=C/[C@@H]2[C@H]3CC(COCCC(=O)N4CCCCC4)=C[C@H]3C[C@H]2O)c1. The highest BCUT2D eigenvalue weighted by atomic mass is 16.5. The van der Waals surface area contributed by atoms with Crippen molar-refractivity contribution in [1.82, 2.24) is 4.90 Å². The van der Waals surface area contributed by atoms with Gasteiger partial charge in [-0.2, -0.15) is 0 Å². The molecular weight excluding hydrogens is 414 g/mol. The van der Waals surface area contributed by atoms with E-state index in [0.29, 0.717) is 37.9 Å². The van der Waals surface area contributed by atoms with E-state index in [9.17, 15) is 15.0 Å². The predicted octanol–water partition coefficient (Wildman–Crippen LogP) is 3.82. The molecule has 180 valence electrons. The fourth-order valence-corrected chi connectivity index (χ4v) is 5.78. The lowest BCUT2D eigenvalue weighted by molar-refractivity contribution is -0.133. The van der Waals surface area contributed by atoms with Gasteiger partial charge >= 0.3 is 0 Å². The summed E-state index contributed by atoms with van der Waals surface area (Å²) >= 11 is 0. The van der Waals surface area contributed by atoms with Gasteiger partial charge in [0.05, 0.1) is 31.8 Å². The molecule has 5 heteroatoms. The number of benzene rings is 1. The Morgan fingerprint density at radius 3 is 2.88 bits per heavy atom. The van der Waals surface area contributed by atoms with Crippen LogP contribution in [0, 0.1) is 24.7 Å². The smallest absolute Gasteiger partial charge is 0.224 e. The molecule has 2 fully saturated rings. The summed E-state index contributed by atoms with van der Waals surface area (Å²) in [5.41, 5.74) is 3.60. The molecule has 3 aliphatic rings. The Labute approximate surface area is 198 Å². The number of amides is 1. The molecule has 2 N–H and O–H groups in total. The largest absolute Gasteiger partial charge is 0.392 e. The maximum Gasteiger partial charge on any atom is 0.224 e. The fourth-order valence-electron chi connectivity index (χ4n) is 5.78. The summed E-state index contributed by atoms with van der Waals surface area (Å²) in [7, 11) is 0. The van der Waals surface area contributed by atoms with Crippen LogP contribution >= 0.6 is 0 Å². The second kappa shape index (κ2) is 11.5. The van der Waals surface area contributed by atoms with Crippen molar-refractivity contribution in [3.63, 3.8) is 0 Å². The molecule has 4 rings (SSSR count). The van der Waals surface area contributed by atoms with Crippen LogP contribution in [0.4, 0.5) is 0 Å². The topological polar surface area (TPSA) is 70.0 Å². The third-order valence-electron chi connectivity index (χ3n) is 7.49. The van der Waals surface area contributed by atoms with Gasteiger partial charge in [0.2, 0.25) is 5.91 Å². The number of likely N-dealkylation sites (tertiary alicyclic amines) is 1. The average molecular weight is 454 g/mol.